The number of anilines is 1. The minimum atomic E-state index is -0.467. The Morgan fingerprint density at radius 3 is 3.00 bits per heavy atom. The first-order chi connectivity index (χ1) is 6.74. The summed E-state index contributed by atoms with van der Waals surface area (Å²) in [4.78, 5) is 2.54. The third-order valence-electron chi connectivity index (χ3n) is 1.44. The highest BCUT2D eigenvalue weighted by Crippen LogP contribution is 2.10. The Morgan fingerprint density at radius 2 is 2.36 bits per heavy atom. The van der Waals surface area contributed by atoms with Crippen molar-refractivity contribution in [1.29, 1.82) is 0 Å². The van der Waals surface area contributed by atoms with E-state index in [1.165, 1.54) is 18.2 Å². The summed E-state index contributed by atoms with van der Waals surface area (Å²) in [6.07, 6.45) is 0. The molecule has 0 fully saturated rings. The fourth-order valence-electron chi connectivity index (χ4n) is 0.830. The Balaban J connectivity index is 2.80. The number of rotatable bonds is 1. The number of halogens is 1. The first-order valence-electron chi connectivity index (χ1n) is 3.79. The number of nitrogens with zero attached hydrogens (tertiary/aromatic N) is 3. The van der Waals surface area contributed by atoms with Crippen LogP contribution in [-0.2, 0) is 0 Å². The number of azide groups is 1. The molecule has 1 rings (SSSR count). The number of hydrogen-bond acceptors (Lipinski definition) is 2. The first kappa shape index (κ1) is 9.90. The maximum absolute atomic E-state index is 12.7. The van der Waals surface area contributed by atoms with Crippen LogP contribution in [-0.4, -0.2) is 6.54 Å². The van der Waals surface area contributed by atoms with Crippen molar-refractivity contribution in [3.63, 3.8) is 0 Å². The maximum atomic E-state index is 12.7. The summed E-state index contributed by atoms with van der Waals surface area (Å²) in [6, 6.07) is 4.18. The van der Waals surface area contributed by atoms with E-state index >= 15 is 0 Å². The van der Waals surface area contributed by atoms with Gasteiger partial charge in [-0.05, 0) is 23.7 Å². The molecule has 0 aliphatic rings. The van der Waals surface area contributed by atoms with Gasteiger partial charge in [-0.15, -0.1) is 0 Å². The lowest BCUT2D eigenvalue weighted by molar-refractivity contribution is 0.632. The summed E-state index contributed by atoms with van der Waals surface area (Å²) in [5.74, 6) is 4.82. The molecule has 1 aromatic carbocycles. The van der Waals surface area contributed by atoms with E-state index in [0.717, 1.165) is 0 Å². The second-order valence-corrected chi connectivity index (χ2v) is 2.43. The molecule has 0 unspecified atom stereocenters. The van der Waals surface area contributed by atoms with E-state index in [1.807, 2.05) is 0 Å². The van der Waals surface area contributed by atoms with Crippen LogP contribution in [0.2, 0.25) is 0 Å². The summed E-state index contributed by atoms with van der Waals surface area (Å²) in [6.45, 7) is 0.0911. The highest BCUT2D eigenvalue weighted by Gasteiger charge is 1.96. The van der Waals surface area contributed by atoms with Gasteiger partial charge in [-0.3, -0.25) is 0 Å². The van der Waals surface area contributed by atoms with E-state index in [0.29, 0.717) is 5.56 Å². The minimum Gasteiger partial charge on any atom is -0.396 e. The Labute approximate surface area is 80.2 Å². The van der Waals surface area contributed by atoms with Gasteiger partial charge in [0.25, 0.3) is 0 Å². The third-order valence-corrected chi connectivity index (χ3v) is 1.44. The number of nitrogen functional groups attached to an aromatic ring is 1. The van der Waals surface area contributed by atoms with Gasteiger partial charge in [-0.25, -0.2) is 4.39 Å². The fourth-order valence-corrected chi connectivity index (χ4v) is 0.830. The topological polar surface area (TPSA) is 74.8 Å². The van der Waals surface area contributed by atoms with Crippen LogP contribution in [0.3, 0.4) is 0 Å². The average molecular weight is 190 g/mol. The molecule has 0 aliphatic heterocycles. The van der Waals surface area contributed by atoms with Gasteiger partial charge in [0.1, 0.15) is 5.82 Å². The molecule has 0 bridgehead atoms. The predicted molar refractivity (Wildman–Crippen MR) is 51.7 cm³/mol. The number of hydrogen-bond donors (Lipinski definition) is 1. The van der Waals surface area contributed by atoms with Crippen molar-refractivity contribution in [3.8, 4) is 11.8 Å². The molecule has 1 aromatic rings. The van der Waals surface area contributed by atoms with E-state index in [4.69, 9.17) is 11.3 Å². The molecule has 0 heterocycles. The van der Waals surface area contributed by atoms with Crippen molar-refractivity contribution in [2.75, 3.05) is 12.3 Å². The van der Waals surface area contributed by atoms with Gasteiger partial charge in [-0.1, -0.05) is 17.0 Å². The molecular weight excluding hydrogens is 183 g/mol. The summed E-state index contributed by atoms with van der Waals surface area (Å²) in [5.41, 5.74) is 13.9. The van der Waals surface area contributed by atoms with Gasteiger partial charge < -0.3 is 5.73 Å². The zero-order chi connectivity index (χ0) is 10.4. The van der Waals surface area contributed by atoms with Crippen molar-refractivity contribution < 1.29 is 4.39 Å². The Bertz CT molecular complexity index is 438. The number of nitrogens with two attached hydrogens (primary N) is 1. The van der Waals surface area contributed by atoms with Crippen molar-refractivity contribution in [2.45, 2.75) is 0 Å². The first-order valence-corrected chi connectivity index (χ1v) is 3.79. The highest BCUT2D eigenvalue weighted by atomic mass is 19.1. The molecule has 4 nitrogen and oxygen atoms in total. The third kappa shape index (κ3) is 2.70. The van der Waals surface area contributed by atoms with Crippen molar-refractivity contribution in [2.24, 2.45) is 5.11 Å². The molecular formula is C9H7FN4. The largest absolute Gasteiger partial charge is 0.396 e. The molecule has 0 spiro atoms. The van der Waals surface area contributed by atoms with Gasteiger partial charge in [0, 0.05) is 10.5 Å². The Kier molecular flexibility index (Phi) is 3.36. The highest BCUT2D eigenvalue weighted by molar-refractivity contribution is 5.48. The lowest BCUT2D eigenvalue weighted by atomic mass is 10.2. The van der Waals surface area contributed by atoms with E-state index in [1.54, 1.807) is 0 Å². The molecule has 0 saturated carbocycles. The smallest absolute Gasteiger partial charge is 0.146 e. The normalized spacial score (nSPS) is 8.36. The molecule has 14 heavy (non-hydrogen) atoms. The van der Waals surface area contributed by atoms with Gasteiger partial charge in [0.05, 0.1) is 12.2 Å². The van der Waals surface area contributed by atoms with Gasteiger partial charge in [-0.2, -0.15) is 0 Å². The Hall–Kier alpha value is -2.18. The van der Waals surface area contributed by atoms with Crippen LogP contribution in [0.15, 0.2) is 23.3 Å². The van der Waals surface area contributed by atoms with Crippen LogP contribution >= 0.6 is 0 Å². The molecule has 0 amide bonds. The van der Waals surface area contributed by atoms with Gasteiger partial charge in [0.15, 0.2) is 0 Å². The average Bonchev–Trinajstić information content (AvgIpc) is 2.18. The Morgan fingerprint density at radius 1 is 1.57 bits per heavy atom. The molecule has 0 aromatic heterocycles. The molecule has 2 N–H and O–H groups in total. The summed E-state index contributed by atoms with van der Waals surface area (Å²) >= 11 is 0. The number of benzene rings is 1. The summed E-state index contributed by atoms with van der Waals surface area (Å²) in [5, 5.41) is 3.23. The monoisotopic (exact) mass is 190 g/mol. The summed E-state index contributed by atoms with van der Waals surface area (Å²) < 4.78 is 12.7. The van der Waals surface area contributed by atoms with Gasteiger partial charge in [0.2, 0.25) is 0 Å². The molecule has 0 aliphatic carbocycles. The van der Waals surface area contributed by atoms with Gasteiger partial charge >= 0.3 is 0 Å². The molecule has 0 radical (unpaired) electrons. The zero-order valence-electron chi connectivity index (χ0n) is 7.24. The second-order valence-electron chi connectivity index (χ2n) is 2.43. The van der Waals surface area contributed by atoms with E-state index in [9.17, 15) is 4.39 Å². The SMILES string of the molecule is [N-]=[N+]=NCC#Cc1ccc(F)c(N)c1. The standard InChI is InChI=1S/C9H7FN4/c10-8-4-3-7(6-9(8)11)2-1-5-13-14-12/h3-4,6H,5,11H2. The van der Waals surface area contributed by atoms with E-state index < -0.39 is 5.82 Å². The van der Waals surface area contributed by atoms with Crippen LogP contribution in [0.25, 0.3) is 10.4 Å². The molecule has 0 saturated heterocycles. The lowest BCUT2D eigenvalue weighted by Crippen LogP contribution is -1.90. The van der Waals surface area contributed by atoms with Crippen molar-refractivity contribution in [3.05, 3.63) is 40.0 Å². The van der Waals surface area contributed by atoms with Crippen LogP contribution < -0.4 is 5.73 Å². The minimum absolute atomic E-state index is 0.0561. The zero-order valence-corrected chi connectivity index (χ0v) is 7.24. The molecule has 70 valence electrons. The molecule has 5 heteroatoms. The quantitative estimate of drug-likeness (QED) is 0.238. The van der Waals surface area contributed by atoms with Crippen molar-refractivity contribution >= 4 is 5.69 Å². The lowest BCUT2D eigenvalue weighted by Gasteiger charge is -1.95. The van der Waals surface area contributed by atoms with Crippen molar-refractivity contribution in [1.82, 2.24) is 0 Å². The molecule has 0 atom stereocenters. The van der Waals surface area contributed by atoms with Crippen LogP contribution in [0.5, 0.6) is 0 Å². The predicted octanol–water partition coefficient (Wildman–Crippen LogP) is 2.07. The summed E-state index contributed by atoms with van der Waals surface area (Å²) in [7, 11) is 0. The van der Waals surface area contributed by atoms with E-state index in [-0.39, 0.29) is 12.2 Å². The van der Waals surface area contributed by atoms with Crippen LogP contribution in [0, 0.1) is 17.7 Å². The maximum Gasteiger partial charge on any atom is 0.146 e. The fraction of sp³-hybridized carbons (Fsp3) is 0.111. The van der Waals surface area contributed by atoms with E-state index in [2.05, 4.69) is 21.9 Å². The van der Waals surface area contributed by atoms with Crippen LogP contribution in [0.1, 0.15) is 5.56 Å². The second kappa shape index (κ2) is 4.75. The van der Waals surface area contributed by atoms with Crippen LogP contribution in [0.4, 0.5) is 10.1 Å².